The molecule has 2 aromatic carbocycles. The van der Waals surface area contributed by atoms with Crippen LogP contribution < -0.4 is 4.72 Å². The van der Waals surface area contributed by atoms with Crippen molar-refractivity contribution in [3.05, 3.63) is 59.7 Å². The van der Waals surface area contributed by atoms with Crippen LogP contribution in [0.15, 0.2) is 47.4 Å². The fourth-order valence-electron chi connectivity index (χ4n) is 3.03. The molecule has 1 amide bonds. The molecule has 0 unspecified atom stereocenters. The number of carbonyl (C=O) groups excluding carboxylic acids is 1. The Labute approximate surface area is 157 Å². The van der Waals surface area contributed by atoms with Crippen LogP contribution in [0.3, 0.4) is 0 Å². The molecule has 1 fully saturated rings. The number of sulfonamides is 1. The second-order valence-electron chi connectivity index (χ2n) is 6.46. The van der Waals surface area contributed by atoms with E-state index in [9.17, 15) is 22.0 Å². The summed E-state index contributed by atoms with van der Waals surface area (Å²) in [5, 5.41) is 0. The lowest BCUT2D eigenvalue weighted by Crippen LogP contribution is -2.32. The van der Waals surface area contributed by atoms with Crippen molar-refractivity contribution in [1.29, 1.82) is 0 Å². The highest BCUT2D eigenvalue weighted by molar-refractivity contribution is 7.92. The quantitative estimate of drug-likeness (QED) is 0.858. The van der Waals surface area contributed by atoms with Gasteiger partial charge in [-0.25, -0.2) is 17.2 Å². The predicted octanol–water partition coefficient (Wildman–Crippen LogP) is 3.78. The lowest BCUT2D eigenvalue weighted by atomic mass is 10.2. The lowest BCUT2D eigenvalue weighted by Gasteiger charge is -2.20. The number of hydrogen-bond acceptors (Lipinski definition) is 3. The second-order valence-corrected chi connectivity index (χ2v) is 8.15. The molecular weight excluding hydrogens is 374 g/mol. The first-order valence-corrected chi connectivity index (χ1v) is 10.2. The molecule has 1 saturated heterocycles. The Hall–Kier alpha value is -2.48. The summed E-state index contributed by atoms with van der Waals surface area (Å²) in [6.07, 6.45) is 4.00. The molecule has 0 saturated carbocycles. The first-order valence-electron chi connectivity index (χ1n) is 8.74. The average Bonchev–Trinajstić information content (AvgIpc) is 2.93. The number of hydrogen-bond donors (Lipinski definition) is 1. The standard InChI is InChI=1S/C19H20F2N2O3S/c20-15-8-9-18(17(21)13-15)22-27(25,26)16-7-5-6-14(12-16)19(24)23-10-3-1-2-4-11-23/h5-9,12-13,22H,1-4,10-11H2. The Balaban J connectivity index is 1.84. The molecule has 5 nitrogen and oxygen atoms in total. The van der Waals surface area contributed by atoms with Crippen molar-refractivity contribution in [2.45, 2.75) is 30.6 Å². The maximum Gasteiger partial charge on any atom is 0.262 e. The minimum absolute atomic E-state index is 0.160. The SMILES string of the molecule is O=C(c1cccc(S(=O)(=O)Nc2ccc(F)cc2F)c1)N1CCCCCC1. The molecular formula is C19H20F2N2O3S. The van der Waals surface area contributed by atoms with Gasteiger partial charge in [0.2, 0.25) is 0 Å². The first-order chi connectivity index (χ1) is 12.9. The molecule has 8 heteroatoms. The van der Waals surface area contributed by atoms with Crippen molar-refractivity contribution >= 4 is 21.6 Å². The van der Waals surface area contributed by atoms with Gasteiger partial charge in [0.25, 0.3) is 15.9 Å². The number of nitrogens with one attached hydrogen (secondary N) is 1. The van der Waals surface area contributed by atoms with Gasteiger partial charge in [-0.1, -0.05) is 18.9 Å². The summed E-state index contributed by atoms with van der Waals surface area (Å²) in [6, 6.07) is 8.19. The molecule has 0 bridgehead atoms. The minimum Gasteiger partial charge on any atom is -0.339 e. The number of benzene rings is 2. The molecule has 2 aromatic rings. The van der Waals surface area contributed by atoms with Gasteiger partial charge in [0.05, 0.1) is 10.6 Å². The fraction of sp³-hybridized carbons (Fsp3) is 0.316. The van der Waals surface area contributed by atoms with Gasteiger partial charge in [-0.3, -0.25) is 9.52 Å². The van der Waals surface area contributed by atoms with Gasteiger partial charge in [0.1, 0.15) is 11.6 Å². The number of amides is 1. The van der Waals surface area contributed by atoms with Crippen LogP contribution in [0.4, 0.5) is 14.5 Å². The Morgan fingerprint density at radius 1 is 0.963 bits per heavy atom. The minimum atomic E-state index is -4.13. The van der Waals surface area contributed by atoms with Crippen LogP contribution in [0, 0.1) is 11.6 Å². The lowest BCUT2D eigenvalue weighted by molar-refractivity contribution is 0.0761. The first kappa shape index (κ1) is 19.3. The molecule has 3 rings (SSSR count). The number of rotatable bonds is 4. The zero-order chi connectivity index (χ0) is 19.4. The van der Waals surface area contributed by atoms with E-state index in [-0.39, 0.29) is 22.1 Å². The van der Waals surface area contributed by atoms with Gasteiger partial charge in [0.15, 0.2) is 0 Å². The Kier molecular flexibility index (Phi) is 5.74. The van der Waals surface area contributed by atoms with Gasteiger partial charge in [-0.2, -0.15) is 0 Å². The van der Waals surface area contributed by atoms with Crippen molar-refractivity contribution in [1.82, 2.24) is 4.90 Å². The number of likely N-dealkylation sites (tertiary alicyclic amines) is 1. The number of anilines is 1. The third-order valence-electron chi connectivity index (χ3n) is 4.46. The normalized spacial score (nSPS) is 15.3. The van der Waals surface area contributed by atoms with Gasteiger partial charge in [0, 0.05) is 24.7 Å². The van der Waals surface area contributed by atoms with Crippen LogP contribution in [-0.2, 0) is 10.0 Å². The molecule has 144 valence electrons. The zero-order valence-corrected chi connectivity index (χ0v) is 15.4. The topological polar surface area (TPSA) is 66.5 Å². The van der Waals surface area contributed by atoms with E-state index in [0.29, 0.717) is 19.2 Å². The maximum absolute atomic E-state index is 13.8. The van der Waals surface area contributed by atoms with E-state index < -0.39 is 21.7 Å². The molecule has 1 aliphatic rings. The largest absolute Gasteiger partial charge is 0.339 e. The predicted molar refractivity (Wildman–Crippen MR) is 98.0 cm³/mol. The Morgan fingerprint density at radius 2 is 1.67 bits per heavy atom. The highest BCUT2D eigenvalue weighted by Crippen LogP contribution is 2.21. The van der Waals surface area contributed by atoms with Gasteiger partial charge >= 0.3 is 0 Å². The number of nitrogens with zero attached hydrogens (tertiary/aromatic N) is 1. The summed E-state index contributed by atoms with van der Waals surface area (Å²) in [7, 11) is -4.13. The number of halogens is 2. The number of carbonyl (C=O) groups is 1. The maximum atomic E-state index is 13.8. The molecule has 0 spiro atoms. The highest BCUT2D eigenvalue weighted by Gasteiger charge is 2.21. The molecule has 1 heterocycles. The van der Waals surface area contributed by atoms with E-state index in [1.54, 1.807) is 11.0 Å². The average molecular weight is 394 g/mol. The van der Waals surface area contributed by atoms with E-state index >= 15 is 0 Å². The second kappa shape index (κ2) is 8.04. The molecule has 0 atom stereocenters. The Morgan fingerprint density at radius 3 is 2.33 bits per heavy atom. The molecule has 0 aromatic heterocycles. The van der Waals surface area contributed by atoms with E-state index in [1.807, 2.05) is 0 Å². The van der Waals surface area contributed by atoms with Crippen LogP contribution >= 0.6 is 0 Å². The van der Waals surface area contributed by atoms with Crippen molar-refractivity contribution in [2.24, 2.45) is 0 Å². The smallest absolute Gasteiger partial charge is 0.262 e. The highest BCUT2D eigenvalue weighted by atomic mass is 32.2. The Bertz CT molecular complexity index is 940. The van der Waals surface area contributed by atoms with Crippen LogP contribution in [-0.4, -0.2) is 32.3 Å². The van der Waals surface area contributed by atoms with Gasteiger partial charge < -0.3 is 4.90 Å². The van der Waals surface area contributed by atoms with E-state index in [2.05, 4.69) is 4.72 Å². The van der Waals surface area contributed by atoms with Gasteiger partial charge in [-0.05, 0) is 43.2 Å². The summed E-state index contributed by atoms with van der Waals surface area (Å²) in [5.74, 6) is -2.04. The molecule has 27 heavy (non-hydrogen) atoms. The third-order valence-corrected chi connectivity index (χ3v) is 5.82. The fourth-order valence-corrected chi connectivity index (χ4v) is 4.14. The summed E-state index contributed by atoms with van der Waals surface area (Å²) in [4.78, 5) is 14.3. The summed E-state index contributed by atoms with van der Waals surface area (Å²) in [6.45, 7) is 1.30. The molecule has 0 aliphatic carbocycles. The van der Waals surface area contributed by atoms with E-state index in [0.717, 1.165) is 37.8 Å². The van der Waals surface area contributed by atoms with Crippen LogP contribution in [0.1, 0.15) is 36.0 Å². The van der Waals surface area contributed by atoms with E-state index in [1.165, 1.54) is 18.2 Å². The van der Waals surface area contributed by atoms with Crippen LogP contribution in [0.25, 0.3) is 0 Å². The zero-order valence-electron chi connectivity index (χ0n) is 14.6. The van der Waals surface area contributed by atoms with E-state index in [4.69, 9.17) is 0 Å². The molecule has 1 N–H and O–H groups in total. The third kappa shape index (κ3) is 4.63. The summed E-state index contributed by atoms with van der Waals surface area (Å²) >= 11 is 0. The summed E-state index contributed by atoms with van der Waals surface area (Å²) < 4.78 is 53.9. The van der Waals surface area contributed by atoms with Crippen molar-refractivity contribution in [3.63, 3.8) is 0 Å². The van der Waals surface area contributed by atoms with Crippen molar-refractivity contribution in [3.8, 4) is 0 Å². The van der Waals surface area contributed by atoms with Crippen LogP contribution in [0.5, 0.6) is 0 Å². The van der Waals surface area contributed by atoms with Crippen molar-refractivity contribution in [2.75, 3.05) is 17.8 Å². The van der Waals surface area contributed by atoms with Crippen LogP contribution in [0.2, 0.25) is 0 Å². The monoisotopic (exact) mass is 394 g/mol. The molecule has 1 aliphatic heterocycles. The van der Waals surface area contributed by atoms with Crippen molar-refractivity contribution < 1.29 is 22.0 Å². The summed E-state index contributed by atoms with van der Waals surface area (Å²) in [5.41, 5.74) is -0.0972. The molecule has 0 radical (unpaired) electrons. The van der Waals surface area contributed by atoms with Gasteiger partial charge in [-0.15, -0.1) is 0 Å².